The summed E-state index contributed by atoms with van der Waals surface area (Å²) in [5.41, 5.74) is 1.28. The van der Waals surface area contributed by atoms with E-state index >= 15 is 0 Å². The summed E-state index contributed by atoms with van der Waals surface area (Å²) in [7, 11) is 3.00. The van der Waals surface area contributed by atoms with Crippen molar-refractivity contribution >= 4 is 28.9 Å². The van der Waals surface area contributed by atoms with E-state index in [9.17, 15) is 19.7 Å². The van der Waals surface area contributed by atoms with Crippen LogP contribution in [0, 0.1) is 17.0 Å². The quantitative estimate of drug-likeness (QED) is 0.393. The normalized spacial score (nSPS) is 10.7. The molecule has 0 aliphatic carbocycles. The van der Waals surface area contributed by atoms with Crippen molar-refractivity contribution in [3.05, 3.63) is 40.1 Å². The second kappa shape index (κ2) is 8.64. The molecule has 0 radical (unpaired) electrons. The van der Waals surface area contributed by atoms with Gasteiger partial charge in [0.15, 0.2) is 0 Å². The summed E-state index contributed by atoms with van der Waals surface area (Å²) in [5.74, 6) is -1.23. The SMILES string of the molecule is CCn1ncc(NC(=O)Cn2cc([N+](=O)[O-])c(OC)n2)c1C(=O)Nc1cnn(C)c1C. The Kier molecular flexibility index (Phi) is 5.99. The zero-order valence-electron chi connectivity index (χ0n) is 17.3. The Hall–Kier alpha value is -4.23. The highest BCUT2D eigenvalue weighted by Gasteiger charge is 2.23. The molecule has 0 unspecified atom stereocenters. The van der Waals surface area contributed by atoms with E-state index in [2.05, 4.69) is 25.9 Å². The molecular formula is C17H21N9O5. The molecule has 14 nitrogen and oxygen atoms in total. The molecule has 164 valence electrons. The minimum atomic E-state index is -0.658. The first-order chi connectivity index (χ1) is 14.7. The number of nitrogens with zero attached hydrogens (tertiary/aromatic N) is 7. The number of rotatable bonds is 8. The third kappa shape index (κ3) is 4.36. The lowest BCUT2D eigenvalue weighted by atomic mass is 10.3. The first-order valence-corrected chi connectivity index (χ1v) is 9.16. The van der Waals surface area contributed by atoms with E-state index in [-0.39, 0.29) is 29.5 Å². The highest BCUT2D eigenvalue weighted by molar-refractivity contribution is 6.09. The van der Waals surface area contributed by atoms with Gasteiger partial charge in [-0.05, 0) is 13.8 Å². The van der Waals surface area contributed by atoms with Crippen molar-refractivity contribution in [3.8, 4) is 5.88 Å². The van der Waals surface area contributed by atoms with Crippen LogP contribution >= 0.6 is 0 Å². The fraction of sp³-hybridized carbons (Fsp3) is 0.353. The summed E-state index contributed by atoms with van der Waals surface area (Å²) >= 11 is 0. The molecule has 3 aromatic heterocycles. The number of ether oxygens (including phenoxy) is 1. The van der Waals surface area contributed by atoms with E-state index in [1.165, 1.54) is 24.2 Å². The molecule has 2 N–H and O–H groups in total. The van der Waals surface area contributed by atoms with Gasteiger partial charge in [0, 0.05) is 13.6 Å². The molecule has 3 aromatic rings. The van der Waals surface area contributed by atoms with Crippen molar-refractivity contribution in [2.75, 3.05) is 17.7 Å². The van der Waals surface area contributed by atoms with E-state index in [1.54, 1.807) is 25.6 Å². The Bertz CT molecular complexity index is 1140. The largest absolute Gasteiger partial charge is 0.475 e. The lowest BCUT2D eigenvalue weighted by Gasteiger charge is -2.10. The van der Waals surface area contributed by atoms with Gasteiger partial charge in [0.25, 0.3) is 5.91 Å². The predicted octanol–water partition coefficient (Wildman–Crippen LogP) is 0.949. The number of hydrogen-bond donors (Lipinski definition) is 2. The molecule has 0 spiro atoms. The molecule has 0 aliphatic heterocycles. The van der Waals surface area contributed by atoms with Crippen LogP contribution in [0.1, 0.15) is 23.1 Å². The van der Waals surface area contributed by atoms with Crippen LogP contribution in [0.2, 0.25) is 0 Å². The average molecular weight is 431 g/mol. The number of nitro groups is 1. The van der Waals surface area contributed by atoms with Gasteiger partial charge >= 0.3 is 11.6 Å². The number of methoxy groups -OCH3 is 1. The first-order valence-electron chi connectivity index (χ1n) is 9.16. The summed E-state index contributed by atoms with van der Waals surface area (Å²) in [5, 5.41) is 28.4. The Labute approximate surface area is 175 Å². The van der Waals surface area contributed by atoms with Gasteiger partial charge in [0.05, 0.1) is 41.5 Å². The smallest absolute Gasteiger partial charge is 0.350 e. The monoisotopic (exact) mass is 431 g/mol. The molecule has 31 heavy (non-hydrogen) atoms. The third-order valence-corrected chi connectivity index (χ3v) is 4.52. The van der Waals surface area contributed by atoms with Crippen molar-refractivity contribution in [1.29, 1.82) is 0 Å². The standard InChI is InChI=1S/C17H21N9O5/c1-5-25-15(16(28)21-11-6-18-23(3)10(11)2)12(7-19-25)20-14(27)9-24-8-13(26(29)30)17(22-24)31-4/h6-8H,5,9H2,1-4H3,(H,20,27)(H,21,28). The highest BCUT2D eigenvalue weighted by atomic mass is 16.6. The molecule has 2 amide bonds. The molecule has 3 heterocycles. The minimum Gasteiger partial charge on any atom is -0.475 e. The maximum Gasteiger partial charge on any atom is 0.350 e. The van der Waals surface area contributed by atoms with Crippen LogP contribution in [0.25, 0.3) is 0 Å². The predicted molar refractivity (Wildman–Crippen MR) is 108 cm³/mol. The molecule has 3 rings (SSSR count). The maximum absolute atomic E-state index is 12.9. The van der Waals surface area contributed by atoms with Gasteiger partial charge in [-0.3, -0.25) is 33.7 Å². The van der Waals surface area contributed by atoms with Gasteiger partial charge in [-0.2, -0.15) is 10.2 Å². The van der Waals surface area contributed by atoms with Crippen LogP contribution in [-0.2, 0) is 24.9 Å². The number of anilines is 2. The summed E-state index contributed by atoms with van der Waals surface area (Å²) in [4.78, 5) is 35.7. The van der Waals surface area contributed by atoms with Gasteiger partial charge in [-0.15, -0.1) is 5.10 Å². The Balaban J connectivity index is 1.78. The number of carbonyl (C=O) groups excluding carboxylic acids is 2. The Morgan fingerprint density at radius 1 is 1.23 bits per heavy atom. The van der Waals surface area contributed by atoms with Gasteiger partial charge in [-0.25, -0.2) is 0 Å². The average Bonchev–Trinajstić information content (AvgIpc) is 3.41. The molecule has 0 aromatic carbocycles. The zero-order chi connectivity index (χ0) is 22.7. The molecule has 14 heteroatoms. The van der Waals surface area contributed by atoms with Crippen LogP contribution < -0.4 is 15.4 Å². The summed E-state index contributed by atoms with van der Waals surface area (Å²) < 4.78 is 8.98. The molecule has 0 saturated carbocycles. The number of aryl methyl sites for hydroxylation is 2. The van der Waals surface area contributed by atoms with Gasteiger partial charge < -0.3 is 15.4 Å². The van der Waals surface area contributed by atoms with Crippen molar-refractivity contribution in [3.63, 3.8) is 0 Å². The second-order valence-corrected chi connectivity index (χ2v) is 6.47. The highest BCUT2D eigenvalue weighted by Crippen LogP contribution is 2.24. The molecule has 0 aliphatic rings. The van der Waals surface area contributed by atoms with E-state index < -0.39 is 16.7 Å². The summed E-state index contributed by atoms with van der Waals surface area (Å²) in [6, 6.07) is 0. The van der Waals surface area contributed by atoms with Crippen LogP contribution in [0.5, 0.6) is 5.88 Å². The van der Waals surface area contributed by atoms with Crippen LogP contribution in [0.4, 0.5) is 17.1 Å². The number of amides is 2. The molecular weight excluding hydrogens is 410 g/mol. The van der Waals surface area contributed by atoms with Crippen molar-refractivity contribution in [1.82, 2.24) is 29.3 Å². The minimum absolute atomic E-state index is 0.156. The van der Waals surface area contributed by atoms with E-state index in [1.807, 2.05) is 0 Å². The van der Waals surface area contributed by atoms with Crippen molar-refractivity contribution in [2.24, 2.45) is 7.05 Å². The van der Waals surface area contributed by atoms with Crippen molar-refractivity contribution in [2.45, 2.75) is 26.9 Å². The van der Waals surface area contributed by atoms with Gasteiger partial charge in [0.2, 0.25) is 5.91 Å². The van der Waals surface area contributed by atoms with E-state index in [0.717, 1.165) is 16.6 Å². The van der Waals surface area contributed by atoms with Gasteiger partial charge in [0.1, 0.15) is 18.4 Å². The number of nitrogens with one attached hydrogen (secondary N) is 2. The van der Waals surface area contributed by atoms with Crippen molar-refractivity contribution < 1.29 is 19.2 Å². The fourth-order valence-corrected chi connectivity index (χ4v) is 2.84. The molecule has 0 saturated heterocycles. The molecule has 0 bridgehead atoms. The summed E-state index contributed by atoms with van der Waals surface area (Å²) in [6.45, 7) is 3.68. The summed E-state index contributed by atoms with van der Waals surface area (Å²) in [6.07, 6.45) is 3.97. The fourth-order valence-electron chi connectivity index (χ4n) is 2.84. The van der Waals surface area contributed by atoms with E-state index in [4.69, 9.17) is 4.74 Å². The first kappa shape index (κ1) is 21.5. The molecule has 0 fully saturated rings. The topological polar surface area (TPSA) is 164 Å². The Morgan fingerprint density at radius 3 is 2.48 bits per heavy atom. The number of hydrogen-bond acceptors (Lipinski definition) is 8. The zero-order valence-corrected chi connectivity index (χ0v) is 17.3. The maximum atomic E-state index is 12.9. The van der Waals surface area contributed by atoms with Crippen LogP contribution in [0.15, 0.2) is 18.6 Å². The van der Waals surface area contributed by atoms with Crippen LogP contribution in [-0.4, -0.2) is 53.2 Å². The van der Waals surface area contributed by atoms with Gasteiger partial charge in [-0.1, -0.05) is 0 Å². The second-order valence-electron chi connectivity index (χ2n) is 6.47. The lowest BCUT2D eigenvalue weighted by molar-refractivity contribution is -0.385. The molecule has 0 atom stereocenters. The van der Waals surface area contributed by atoms with Crippen LogP contribution in [0.3, 0.4) is 0 Å². The van der Waals surface area contributed by atoms with E-state index in [0.29, 0.717) is 12.2 Å². The lowest BCUT2D eigenvalue weighted by Crippen LogP contribution is -2.23. The third-order valence-electron chi connectivity index (χ3n) is 4.52. The number of carbonyl (C=O) groups is 2. The number of aromatic nitrogens is 6. The Morgan fingerprint density at radius 2 is 1.94 bits per heavy atom.